The van der Waals surface area contributed by atoms with E-state index in [9.17, 15) is 31.4 Å². The fraction of sp³-hybridized carbons (Fsp3) is 0.211. The molecule has 0 saturated heterocycles. The molecule has 0 fully saturated rings. The molecule has 32 heavy (non-hydrogen) atoms. The molecule has 0 radical (unpaired) electrons. The van der Waals surface area contributed by atoms with Gasteiger partial charge in [-0.3, -0.25) is 0 Å². The monoisotopic (exact) mass is 476 g/mol. The van der Waals surface area contributed by atoms with Crippen LogP contribution in [0.2, 0.25) is 0 Å². The maximum absolute atomic E-state index is 14.3. The van der Waals surface area contributed by atoms with Crippen LogP contribution >= 0.6 is 11.6 Å². The standard InChI is InChI=1S/C19H11ClF6N4O2/c20-19(25,26)17(31)9-13(10-3-5-11(21)6-4-10)29-30(17)16-27-12(14-2-1-7-32-14)8-15(28-16)18(22,23)24/h1-8,31H,9H2/t17-/m1/s1. The summed E-state index contributed by atoms with van der Waals surface area (Å²) in [5.41, 5.74) is -5.26. The Morgan fingerprint density at radius 2 is 1.75 bits per heavy atom. The van der Waals surface area contributed by atoms with Gasteiger partial charge in [0, 0.05) is 6.42 Å². The summed E-state index contributed by atoms with van der Waals surface area (Å²) in [6.07, 6.45) is -4.72. The molecule has 1 N–H and O–H groups in total. The van der Waals surface area contributed by atoms with E-state index < -0.39 is 46.9 Å². The molecular formula is C19H11ClF6N4O2. The second-order valence-electron chi connectivity index (χ2n) is 6.77. The highest BCUT2D eigenvalue weighted by Crippen LogP contribution is 2.45. The second kappa shape index (κ2) is 7.48. The molecule has 0 aliphatic carbocycles. The van der Waals surface area contributed by atoms with Gasteiger partial charge in [0.05, 0.1) is 12.0 Å². The Morgan fingerprint density at radius 3 is 2.31 bits per heavy atom. The third-order valence-electron chi connectivity index (χ3n) is 4.58. The average Bonchev–Trinajstić information content (AvgIpc) is 3.36. The van der Waals surface area contributed by atoms with E-state index in [2.05, 4.69) is 15.1 Å². The van der Waals surface area contributed by atoms with Crippen molar-refractivity contribution in [3.63, 3.8) is 0 Å². The van der Waals surface area contributed by atoms with Crippen molar-refractivity contribution in [2.75, 3.05) is 5.01 Å². The molecule has 0 spiro atoms. The molecule has 3 heterocycles. The largest absolute Gasteiger partial charge is 0.463 e. The van der Waals surface area contributed by atoms with E-state index in [4.69, 9.17) is 16.0 Å². The van der Waals surface area contributed by atoms with Crippen LogP contribution in [-0.2, 0) is 6.18 Å². The molecule has 1 atom stereocenters. The van der Waals surface area contributed by atoms with Crippen molar-refractivity contribution >= 4 is 23.3 Å². The molecule has 1 aromatic carbocycles. The van der Waals surface area contributed by atoms with Crippen LogP contribution in [-0.4, -0.2) is 31.9 Å². The number of alkyl halides is 6. The Morgan fingerprint density at radius 1 is 1.06 bits per heavy atom. The zero-order valence-corrected chi connectivity index (χ0v) is 16.4. The molecule has 0 amide bonds. The highest BCUT2D eigenvalue weighted by molar-refractivity contribution is 6.23. The molecule has 13 heteroatoms. The lowest BCUT2D eigenvalue weighted by Gasteiger charge is -2.34. The second-order valence-corrected chi connectivity index (χ2v) is 7.24. The summed E-state index contributed by atoms with van der Waals surface area (Å²) in [7, 11) is 0. The minimum absolute atomic E-state index is 0.109. The smallest absolute Gasteiger partial charge is 0.433 e. The number of aromatic nitrogens is 2. The number of halogens is 7. The number of benzene rings is 1. The number of anilines is 1. The van der Waals surface area contributed by atoms with Gasteiger partial charge in [0.2, 0.25) is 11.7 Å². The maximum Gasteiger partial charge on any atom is 0.433 e. The normalized spacial score (nSPS) is 19.4. The first-order valence-corrected chi connectivity index (χ1v) is 9.19. The van der Waals surface area contributed by atoms with Crippen LogP contribution in [0.15, 0.2) is 58.2 Å². The summed E-state index contributed by atoms with van der Waals surface area (Å²) >= 11 is 5.12. The molecule has 2 aromatic heterocycles. The van der Waals surface area contributed by atoms with Crippen LogP contribution in [0.3, 0.4) is 0 Å². The topological polar surface area (TPSA) is 74.8 Å². The number of aliphatic hydroxyl groups is 1. The third kappa shape index (κ3) is 3.91. The fourth-order valence-corrected chi connectivity index (χ4v) is 3.15. The number of furan rings is 1. The van der Waals surface area contributed by atoms with Gasteiger partial charge in [-0.05, 0) is 47.5 Å². The molecular weight excluding hydrogens is 466 g/mol. The van der Waals surface area contributed by atoms with Crippen LogP contribution in [0.25, 0.3) is 11.5 Å². The highest BCUT2D eigenvalue weighted by Gasteiger charge is 2.61. The predicted molar refractivity (Wildman–Crippen MR) is 101 cm³/mol. The van der Waals surface area contributed by atoms with Crippen LogP contribution in [0.1, 0.15) is 17.7 Å². The number of hydrogen-bond acceptors (Lipinski definition) is 6. The van der Waals surface area contributed by atoms with Gasteiger partial charge in [0.15, 0.2) is 11.5 Å². The van der Waals surface area contributed by atoms with Gasteiger partial charge >= 0.3 is 11.6 Å². The lowest BCUT2D eigenvalue weighted by Crippen LogP contribution is -2.55. The average molecular weight is 477 g/mol. The third-order valence-corrected chi connectivity index (χ3v) is 4.89. The Labute approximate surface area is 180 Å². The molecule has 6 nitrogen and oxygen atoms in total. The quantitative estimate of drug-likeness (QED) is 0.422. The van der Waals surface area contributed by atoms with Gasteiger partial charge in [0.25, 0.3) is 0 Å². The summed E-state index contributed by atoms with van der Waals surface area (Å²) in [4.78, 5) is 7.10. The van der Waals surface area contributed by atoms with Gasteiger partial charge in [-0.2, -0.15) is 32.1 Å². The summed E-state index contributed by atoms with van der Waals surface area (Å²) in [5.74, 6) is -1.72. The van der Waals surface area contributed by atoms with Crippen molar-refractivity contribution in [1.29, 1.82) is 0 Å². The van der Waals surface area contributed by atoms with Gasteiger partial charge in [-0.25, -0.2) is 14.4 Å². The van der Waals surface area contributed by atoms with Gasteiger partial charge < -0.3 is 9.52 Å². The van der Waals surface area contributed by atoms with Crippen molar-refractivity contribution in [3.05, 3.63) is 65.8 Å². The van der Waals surface area contributed by atoms with E-state index in [1.54, 1.807) is 0 Å². The summed E-state index contributed by atoms with van der Waals surface area (Å²) in [6, 6.07) is 7.68. The van der Waals surface area contributed by atoms with Crippen molar-refractivity contribution in [1.82, 2.24) is 9.97 Å². The first-order valence-electron chi connectivity index (χ1n) is 8.81. The van der Waals surface area contributed by atoms with Crippen molar-refractivity contribution in [2.24, 2.45) is 5.10 Å². The Balaban J connectivity index is 1.89. The van der Waals surface area contributed by atoms with Crippen molar-refractivity contribution in [3.8, 4) is 11.5 Å². The van der Waals surface area contributed by atoms with E-state index in [0.717, 1.165) is 12.1 Å². The first kappa shape index (κ1) is 22.1. The Bertz CT molecular complexity index is 1160. The summed E-state index contributed by atoms with van der Waals surface area (Å²) in [5, 5.41) is 10.3. The summed E-state index contributed by atoms with van der Waals surface area (Å²) in [6.45, 7) is 0. The molecule has 1 aliphatic heterocycles. The number of hydrogen-bond donors (Lipinski definition) is 1. The maximum atomic E-state index is 14.3. The van der Waals surface area contributed by atoms with Crippen LogP contribution in [0, 0.1) is 5.82 Å². The summed E-state index contributed by atoms with van der Waals surface area (Å²) < 4.78 is 87.1. The highest BCUT2D eigenvalue weighted by atomic mass is 35.5. The first-order chi connectivity index (χ1) is 14.9. The van der Waals surface area contributed by atoms with Crippen LogP contribution in [0.5, 0.6) is 0 Å². The zero-order valence-electron chi connectivity index (χ0n) is 15.6. The van der Waals surface area contributed by atoms with Crippen LogP contribution in [0.4, 0.5) is 32.3 Å². The fourth-order valence-electron chi connectivity index (χ4n) is 3.00. The van der Waals surface area contributed by atoms with Crippen LogP contribution < -0.4 is 5.01 Å². The van der Waals surface area contributed by atoms with Gasteiger partial charge in [-0.15, -0.1) is 0 Å². The molecule has 4 rings (SSSR count). The van der Waals surface area contributed by atoms with Gasteiger partial charge in [0.1, 0.15) is 11.5 Å². The lowest BCUT2D eigenvalue weighted by atomic mass is 10.0. The number of rotatable bonds is 4. The van der Waals surface area contributed by atoms with Crippen molar-refractivity contribution < 1.29 is 35.9 Å². The Kier molecular flexibility index (Phi) is 5.17. The lowest BCUT2D eigenvalue weighted by molar-refractivity contribution is -0.141. The molecule has 0 unspecified atom stereocenters. The van der Waals surface area contributed by atoms with E-state index in [0.29, 0.717) is 6.07 Å². The molecule has 1 aliphatic rings. The zero-order chi connectivity index (χ0) is 23.3. The Hall–Kier alpha value is -3.12. The van der Waals surface area contributed by atoms with E-state index >= 15 is 0 Å². The predicted octanol–water partition coefficient (Wildman–Crippen LogP) is 5.03. The van der Waals surface area contributed by atoms with E-state index in [1.807, 2.05) is 0 Å². The number of nitrogens with zero attached hydrogens (tertiary/aromatic N) is 4. The minimum atomic E-state index is -4.98. The SMILES string of the molecule is O[C@@]1(C(F)(F)Cl)CC(c2ccc(F)cc2)=NN1c1nc(-c2ccco2)cc(C(F)(F)F)n1. The van der Waals surface area contributed by atoms with Crippen molar-refractivity contribution in [2.45, 2.75) is 23.7 Å². The number of hydrazone groups is 1. The van der Waals surface area contributed by atoms with E-state index in [-0.39, 0.29) is 22.0 Å². The van der Waals surface area contributed by atoms with Gasteiger partial charge in [-0.1, -0.05) is 12.1 Å². The molecule has 168 valence electrons. The molecule has 0 saturated carbocycles. The molecule has 3 aromatic rings. The van der Waals surface area contributed by atoms with E-state index in [1.165, 1.54) is 30.5 Å². The molecule has 0 bridgehead atoms. The minimum Gasteiger partial charge on any atom is -0.463 e.